The Kier molecular flexibility index (Phi) is 5.76. The molecule has 3 nitrogen and oxygen atoms in total. The monoisotopic (exact) mass is 177 g/mol. The Morgan fingerprint density at radius 2 is 1.33 bits per heavy atom. The minimum Gasteiger partial charge on any atom is -0.412 e. The molecule has 2 atom stereocenters. The van der Waals surface area contributed by atoms with Crippen LogP contribution in [0.25, 0.3) is 0 Å². The molecule has 1 heterocycles. The summed E-state index contributed by atoms with van der Waals surface area (Å²) >= 11 is 0. The quantitative estimate of drug-likeness (QED) is 0.553. The summed E-state index contributed by atoms with van der Waals surface area (Å²) in [4.78, 5) is 0. The van der Waals surface area contributed by atoms with Crippen molar-refractivity contribution in [3.8, 4) is 0 Å². The molecule has 0 aromatic carbocycles. The van der Waals surface area contributed by atoms with Crippen LogP contribution in [0.1, 0.15) is 20.3 Å². The summed E-state index contributed by atoms with van der Waals surface area (Å²) in [6.07, 6.45) is 1.43. The minimum atomic E-state index is 0. The van der Waals surface area contributed by atoms with Gasteiger partial charge in [-0.15, -0.1) is 0 Å². The van der Waals surface area contributed by atoms with E-state index in [-0.39, 0.29) is 11.6 Å². The van der Waals surface area contributed by atoms with Gasteiger partial charge >= 0.3 is 0 Å². The maximum absolute atomic E-state index is 2.37. The highest BCUT2D eigenvalue weighted by Crippen LogP contribution is 2.23. The smallest absolute Gasteiger partial charge is 0.0808 e. The average Bonchev–Trinajstić information content (AvgIpc) is 1.54. The van der Waals surface area contributed by atoms with Gasteiger partial charge in [0.2, 0.25) is 0 Å². The van der Waals surface area contributed by atoms with E-state index in [1.54, 1.807) is 0 Å². The molecule has 0 aliphatic carbocycles. The number of hydrogen-bond donors (Lipinski definition) is 1. The first-order valence-corrected chi connectivity index (χ1v) is 4.31. The van der Waals surface area contributed by atoms with Crippen molar-refractivity contribution in [2.75, 3.05) is 27.2 Å². The molecule has 0 bridgehead atoms. The number of nitrogens with zero attached hydrogens (tertiary/aromatic N) is 1. The molecule has 1 rings (SSSR count). The van der Waals surface area contributed by atoms with Crippen LogP contribution < -0.4 is 6.15 Å². The number of piperidine rings is 1. The lowest BCUT2D eigenvalue weighted by molar-refractivity contribution is -0.902. The third kappa shape index (κ3) is 4.04. The Balaban J connectivity index is 0. The van der Waals surface area contributed by atoms with Crippen LogP contribution >= 0.6 is 0 Å². The lowest BCUT2D eigenvalue weighted by Gasteiger charge is -2.40. The van der Waals surface area contributed by atoms with E-state index in [0.717, 1.165) is 11.8 Å². The van der Waals surface area contributed by atoms with Crippen molar-refractivity contribution in [1.82, 2.24) is 6.15 Å². The van der Waals surface area contributed by atoms with Crippen molar-refractivity contribution < 1.29 is 9.96 Å². The van der Waals surface area contributed by atoms with E-state index in [1.807, 2.05) is 0 Å². The Morgan fingerprint density at radius 1 is 1.00 bits per heavy atom. The zero-order valence-electron chi connectivity index (χ0n) is 8.93. The molecular formula is C9H25N2O+. The van der Waals surface area contributed by atoms with Gasteiger partial charge < -0.3 is 16.1 Å². The van der Waals surface area contributed by atoms with Gasteiger partial charge in [0.15, 0.2) is 0 Å². The standard InChI is InChI=1S/C9H20N.H3N.H2O/c1-8-5-9(2)7-10(3,4)6-8;;/h8-9H,5-7H2,1-4H3;1H3;1H2/q+1;;. The summed E-state index contributed by atoms with van der Waals surface area (Å²) in [7, 11) is 4.68. The van der Waals surface area contributed by atoms with E-state index in [9.17, 15) is 0 Å². The molecular weight excluding hydrogens is 152 g/mol. The second-order valence-corrected chi connectivity index (χ2v) is 4.75. The Hall–Kier alpha value is -0.120. The highest BCUT2D eigenvalue weighted by Gasteiger charge is 2.28. The van der Waals surface area contributed by atoms with Crippen LogP contribution in [0, 0.1) is 11.8 Å². The minimum absolute atomic E-state index is 0. The van der Waals surface area contributed by atoms with Gasteiger partial charge in [0.1, 0.15) is 0 Å². The second-order valence-electron chi connectivity index (χ2n) is 4.75. The van der Waals surface area contributed by atoms with E-state index in [0.29, 0.717) is 0 Å². The van der Waals surface area contributed by atoms with Gasteiger partial charge in [-0.2, -0.15) is 0 Å². The molecule has 5 N–H and O–H groups in total. The summed E-state index contributed by atoms with van der Waals surface area (Å²) in [6, 6.07) is 0. The number of rotatable bonds is 0. The van der Waals surface area contributed by atoms with Gasteiger partial charge in [0.05, 0.1) is 27.2 Å². The Labute approximate surface area is 76.2 Å². The molecule has 76 valence electrons. The van der Waals surface area contributed by atoms with Gasteiger partial charge in [0.25, 0.3) is 0 Å². The van der Waals surface area contributed by atoms with Crippen molar-refractivity contribution >= 4 is 0 Å². The van der Waals surface area contributed by atoms with Crippen LogP contribution in [0.2, 0.25) is 0 Å². The molecule has 0 amide bonds. The molecule has 1 saturated heterocycles. The maximum atomic E-state index is 2.37. The van der Waals surface area contributed by atoms with Crippen LogP contribution in [0.4, 0.5) is 0 Å². The molecule has 0 saturated carbocycles. The van der Waals surface area contributed by atoms with E-state index < -0.39 is 0 Å². The van der Waals surface area contributed by atoms with Gasteiger partial charge in [0, 0.05) is 11.8 Å². The molecule has 1 aliphatic rings. The fourth-order valence-corrected chi connectivity index (χ4v) is 2.60. The first-order chi connectivity index (χ1) is 4.49. The average molecular weight is 177 g/mol. The normalized spacial score (nSPS) is 33.0. The summed E-state index contributed by atoms with van der Waals surface area (Å²) in [6.45, 7) is 7.47. The fourth-order valence-electron chi connectivity index (χ4n) is 2.60. The molecule has 2 unspecified atom stereocenters. The van der Waals surface area contributed by atoms with Crippen LogP contribution in [0.3, 0.4) is 0 Å². The SMILES string of the molecule is CC1CC(C)C[N+](C)(C)C1.N.O. The molecule has 0 aromatic rings. The van der Waals surface area contributed by atoms with Crippen molar-refractivity contribution in [2.24, 2.45) is 11.8 Å². The molecule has 12 heavy (non-hydrogen) atoms. The molecule has 0 aromatic heterocycles. The van der Waals surface area contributed by atoms with Gasteiger partial charge in [-0.25, -0.2) is 0 Å². The third-order valence-corrected chi connectivity index (χ3v) is 2.42. The first-order valence-electron chi connectivity index (χ1n) is 4.31. The maximum Gasteiger partial charge on any atom is 0.0808 e. The summed E-state index contributed by atoms with van der Waals surface area (Å²) < 4.78 is 1.22. The molecule has 0 spiro atoms. The largest absolute Gasteiger partial charge is 0.412 e. The molecule has 0 radical (unpaired) electrons. The second kappa shape index (κ2) is 4.80. The van der Waals surface area contributed by atoms with E-state index in [2.05, 4.69) is 27.9 Å². The molecule has 3 heteroatoms. The predicted octanol–water partition coefficient (Wildman–Crippen LogP) is 1.08. The third-order valence-electron chi connectivity index (χ3n) is 2.42. The summed E-state index contributed by atoms with van der Waals surface area (Å²) in [5.74, 6) is 1.86. The number of likely N-dealkylation sites (tertiary alicyclic amines) is 1. The topological polar surface area (TPSA) is 66.5 Å². The van der Waals surface area contributed by atoms with Crippen molar-refractivity contribution in [3.05, 3.63) is 0 Å². The van der Waals surface area contributed by atoms with E-state index in [4.69, 9.17) is 0 Å². The van der Waals surface area contributed by atoms with Gasteiger partial charge in [-0.1, -0.05) is 13.8 Å². The van der Waals surface area contributed by atoms with Gasteiger partial charge in [-0.05, 0) is 6.42 Å². The van der Waals surface area contributed by atoms with Crippen molar-refractivity contribution in [1.29, 1.82) is 0 Å². The van der Waals surface area contributed by atoms with Crippen LogP contribution in [-0.2, 0) is 0 Å². The predicted molar refractivity (Wildman–Crippen MR) is 53.4 cm³/mol. The van der Waals surface area contributed by atoms with E-state index in [1.165, 1.54) is 24.0 Å². The number of hydrogen-bond acceptors (Lipinski definition) is 1. The molecule has 1 aliphatic heterocycles. The van der Waals surface area contributed by atoms with Gasteiger partial charge in [-0.3, -0.25) is 0 Å². The zero-order valence-corrected chi connectivity index (χ0v) is 8.93. The zero-order chi connectivity index (χ0) is 7.78. The van der Waals surface area contributed by atoms with Crippen LogP contribution in [0.15, 0.2) is 0 Å². The summed E-state index contributed by atoms with van der Waals surface area (Å²) in [5, 5.41) is 0. The molecule has 1 fully saturated rings. The van der Waals surface area contributed by atoms with Crippen LogP contribution in [-0.4, -0.2) is 37.1 Å². The van der Waals surface area contributed by atoms with Crippen molar-refractivity contribution in [2.45, 2.75) is 20.3 Å². The lowest BCUT2D eigenvalue weighted by Crippen LogP contribution is -2.49. The summed E-state index contributed by atoms with van der Waals surface area (Å²) in [5.41, 5.74) is 0. The van der Waals surface area contributed by atoms with Crippen molar-refractivity contribution in [3.63, 3.8) is 0 Å². The number of quaternary nitrogens is 1. The highest BCUT2D eigenvalue weighted by molar-refractivity contribution is 4.64. The highest BCUT2D eigenvalue weighted by atomic mass is 16.0. The van der Waals surface area contributed by atoms with Crippen LogP contribution in [0.5, 0.6) is 0 Å². The Morgan fingerprint density at radius 3 is 1.58 bits per heavy atom. The lowest BCUT2D eigenvalue weighted by atomic mass is 9.91. The Bertz CT molecular complexity index is 114. The fraction of sp³-hybridized carbons (Fsp3) is 1.00. The first kappa shape index (κ1) is 14.4. The van der Waals surface area contributed by atoms with E-state index >= 15 is 0 Å².